The highest BCUT2D eigenvalue weighted by Crippen LogP contribution is 2.51. The van der Waals surface area contributed by atoms with Gasteiger partial charge < -0.3 is 4.74 Å². The summed E-state index contributed by atoms with van der Waals surface area (Å²) in [6, 6.07) is 0. The van der Waals surface area contributed by atoms with Crippen molar-refractivity contribution in [3.63, 3.8) is 0 Å². The van der Waals surface area contributed by atoms with E-state index in [2.05, 4.69) is 15.9 Å². The highest BCUT2D eigenvalue weighted by molar-refractivity contribution is 9.09. The molecule has 1 aliphatic heterocycles. The number of fused-ring (bicyclic) bond motifs is 1. The number of rotatable bonds is 1. The zero-order valence-electron chi connectivity index (χ0n) is 5.35. The molecule has 2 heteroatoms. The molecule has 0 amide bonds. The first kappa shape index (κ1) is 6.17. The van der Waals surface area contributed by atoms with Crippen molar-refractivity contribution >= 4 is 15.9 Å². The Balaban J connectivity index is 1.91. The van der Waals surface area contributed by atoms with Crippen molar-refractivity contribution in [2.45, 2.75) is 6.42 Å². The van der Waals surface area contributed by atoms with Crippen LogP contribution in [0.25, 0.3) is 0 Å². The van der Waals surface area contributed by atoms with Gasteiger partial charge in [0, 0.05) is 18.5 Å². The van der Waals surface area contributed by atoms with Crippen LogP contribution in [0.4, 0.5) is 0 Å². The van der Waals surface area contributed by atoms with Crippen LogP contribution >= 0.6 is 15.9 Å². The predicted octanol–water partition coefficient (Wildman–Crippen LogP) is 1.66. The van der Waals surface area contributed by atoms with Crippen LogP contribution in [0.2, 0.25) is 0 Å². The van der Waals surface area contributed by atoms with Gasteiger partial charge in [-0.2, -0.15) is 0 Å². The van der Waals surface area contributed by atoms with Gasteiger partial charge in [0.05, 0.1) is 0 Å². The second-order valence-electron chi connectivity index (χ2n) is 3.01. The minimum atomic E-state index is 0.915. The molecule has 0 bridgehead atoms. The molecule has 0 aromatic carbocycles. The van der Waals surface area contributed by atoms with Crippen LogP contribution < -0.4 is 0 Å². The van der Waals surface area contributed by atoms with E-state index >= 15 is 0 Å². The monoisotopic (exact) mass is 190 g/mol. The fourth-order valence-electron chi connectivity index (χ4n) is 1.87. The second-order valence-corrected chi connectivity index (χ2v) is 3.66. The third-order valence-corrected chi connectivity index (χ3v) is 3.34. The van der Waals surface area contributed by atoms with E-state index in [-0.39, 0.29) is 0 Å². The summed E-state index contributed by atoms with van der Waals surface area (Å²) in [7, 11) is 0. The number of ether oxygens (including phenoxy) is 1. The van der Waals surface area contributed by atoms with Crippen LogP contribution in [-0.2, 0) is 4.74 Å². The summed E-state index contributed by atoms with van der Waals surface area (Å²) in [5.41, 5.74) is 0. The first-order valence-corrected chi connectivity index (χ1v) is 4.69. The van der Waals surface area contributed by atoms with E-state index in [0.717, 1.165) is 31.0 Å². The van der Waals surface area contributed by atoms with E-state index in [1.807, 2.05) is 0 Å². The molecule has 2 fully saturated rings. The number of hydrogen-bond donors (Lipinski definition) is 0. The quantitative estimate of drug-likeness (QED) is 0.572. The Morgan fingerprint density at radius 2 is 2.33 bits per heavy atom. The molecule has 1 saturated heterocycles. The summed E-state index contributed by atoms with van der Waals surface area (Å²) >= 11 is 3.51. The topological polar surface area (TPSA) is 9.23 Å². The summed E-state index contributed by atoms with van der Waals surface area (Å²) < 4.78 is 5.33. The number of halogens is 1. The zero-order valence-corrected chi connectivity index (χ0v) is 6.93. The molecule has 1 heterocycles. The van der Waals surface area contributed by atoms with E-state index in [1.54, 1.807) is 0 Å². The van der Waals surface area contributed by atoms with Crippen molar-refractivity contribution < 1.29 is 4.74 Å². The van der Waals surface area contributed by atoms with Gasteiger partial charge in [-0.25, -0.2) is 0 Å². The van der Waals surface area contributed by atoms with Crippen molar-refractivity contribution in [1.82, 2.24) is 0 Å². The maximum Gasteiger partial charge on any atom is 0.0500 e. The third-order valence-electron chi connectivity index (χ3n) is 2.59. The first-order chi connectivity index (χ1) is 4.43. The summed E-state index contributed by atoms with van der Waals surface area (Å²) in [4.78, 5) is 0. The lowest BCUT2D eigenvalue weighted by Gasteiger charge is -2.07. The Labute approximate surface area is 63.9 Å². The fourth-order valence-corrected chi connectivity index (χ4v) is 2.83. The Bertz CT molecular complexity index is 96.7. The molecule has 9 heavy (non-hydrogen) atoms. The van der Waals surface area contributed by atoms with Gasteiger partial charge in [0.15, 0.2) is 0 Å². The summed E-state index contributed by atoms with van der Waals surface area (Å²) in [6.45, 7) is 2.03. The Morgan fingerprint density at radius 1 is 1.44 bits per heavy atom. The first-order valence-electron chi connectivity index (χ1n) is 3.57. The SMILES string of the molecule is BrCC1C2CCOCC12. The molecule has 1 saturated carbocycles. The molecule has 3 atom stereocenters. The van der Waals surface area contributed by atoms with Crippen LogP contribution in [0.1, 0.15) is 6.42 Å². The van der Waals surface area contributed by atoms with Crippen LogP contribution in [-0.4, -0.2) is 18.5 Å². The smallest absolute Gasteiger partial charge is 0.0500 e. The third kappa shape index (κ3) is 0.926. The summed E-state index contributed by atoms with van der Waals surface area (Å²) in [6.07, 6.45) is 1.31. The van der Waals surface area contributed by atoms with Crippen molar-refractivity contribution in [3.8, 4) is 0 Å². The number of hydrogen-bond acceptors (Lipinski definition) is 1. The van der Waals surface area contributed by atoms with Gasteiger partial charge in [0.1, 0.15) is 0 Å². The molecule has 1 nitrogen and oxygen atoms in total. The Morgan fingerprint density at radius 3 is 2.89 bits per heavy atom. The molecule has 2 rings (SSSR count). The second kappa shape index (κ2) is 2.24. The molecule has 0 N–H and O–H groups in total. The standard InChI is InChI=1S/C7H11BrO/c8-3-6-5-1-2-9-4-7(5)6/h5-7H,1-4H2. The van der Waals surface area contributed by atoms with Crippen LogP contribution in [0, 0.1) is 17.8 Å². The van der Waals surface area contributed by atoms with Crippen molar-refractivity contribution in [2.24, 2.45) is 17.8 Å². The minimum absolute atomic E-state index is 0.915. The van der Waals surface area contributed by atoms with Crippen LogP contribution in [0.15, 0.2) is 0 Å². The largest absolute Gasteiger partial charge is 0.381 e. The maximum atomic E-state index is 5.33. The van der Waals surface area contributed by atoms with Gasteiger partial charge in [-0.15, -0.1) is 0 Å². The lowest BCUT2D eigenvalue weighted by Crippen LogP contribution is -2.06. The van der Waals surface area contributed by atoms with E-state index in [1.165, 1.54) is 11.8 Å². The van der Waals surface area contributed by atoms with Gasteiger partial charge in [-0.1, -0.05) is 15.9 Å². The Hall–Kier alpha value is 0.440. The normalized spacial score (nSPS) is 48.3. The average Bonchev–Trinajstić information content (AvgIpc) is 2.60. The maximum absolute atomic E-state index is 5.33. The van der Waals surface area contributed by atoms with Crippen LogP contribution in [0.5, 0.6) is 0 Å². The van der Waals surface area contributed by atoms with Crippen molar-refractivity contribution in [2.75, 3.05) is 18.5 Å². The lowest BCUT2D eigenvalue weighted by molar-refractivity contribution is 0.0886. The predicted molar refractivity (Wildman–Crippen MR) is 39.7 cm³/mol. The van der Waals surface area contributed by atoms with Crippen molar-refractivity contribution in [1.29, 1.82) is 0 Å². The molecular formula is C7H11BrO. The highest BCUT2D eigenvalue weighted by Gasteiger charge is 2.50. The lowest BCUT2D eigenvalue weighted by atomic mass is 10.2. The van der Waals surface area contributed by atoms with Crippen LogP contribution in [0.3, 0.4) is 0 Å². The molecular weight excluding hydrogens is 180 g/mol. The summed E-state index contributed by atoms with van der Waals surface area (Å²) in [5.74, 6) is 2.88. The van der Waals surface area contributed by atoms with Gasteiger partial charge >= 0.3 is 0 Å². The molecule has 1 aliphatic carbocycles. The molecule has 0 radical (unpaired) electrons. The minimum Gasteiger partial charge on any atom is -0.381 e. The highest BCUT2D eigenvalue weighted by atomic mass is 79.9. The van der Waals surface area contributed by atoms with E-state index in [9.17, 15) is 0 Å². The van der Waals surface area contributed by atoms with E-state index in [4.69, 9.17) is 4.74 Å². The Kier molecular flexibility index (Phi) is 1.54. The summed E-state index contributed by atoms with van der Waals surface area (Å²) in [5, 5.41) is 1.19. The van der Waals surface area contributed by atoms with E-state index in [0.29, 0.717) is 0 Å². The fraction of sp³-hybridized carbons (Fsp3) is 1.00. The zero-order chi connectivity index (χ0) is 6.27. The molecule has 0 aromatic rings. The van der Waals surface area contributed by atoms with Gasteiger partial charge in [-0.3, -0.25) is 0 Å². The van der Waals surface area contributed by atoms with Gasteiger partial charge in [0.25, 0.3) is 0 Å². The van der Waals surface area contributed by atoms with E-state index < -0.39 is 0 Å². The molecule has 52 valence electrons. The number of alkyl halides is 1. The van der Waals surface area contributed by atoms with Gasteiger partial charge in [0.2, 0.25) is 0 Å². The van der Waals surface area contributed by atoms with Gasteiger partial charge in [-0.05, 0) is 24.2 Å². The average molecular weight is 191 g/mol. The molecule has 3 unspecified atom stereocenters. The molecule has 0 spiro atoms. The molecule has 0 aromatic heterocycles. The molecule has 2 aliphatic rings. The van der Waals surface area contributed by atoms with Crippen molar-refractivity contribution in [3.05, 3.63) is 0 Å².